The Labute approximate surface area is 149 Å². The fourth-order valence-electron chi connectivity index (χ4n) is 2.42. The van der Waals surface area contributed by atoms with E-state index < -0.39 is 10.0 Å². The van der Waals surface area contributed by atoms with E-state index in [4.69, 9.17) is 9.47 Å². The second-order valence-electron chi connectivity index (χ2n) is 5.30. The highest BCUT2D eigenvalue weighted by Gasteiger charge is 2.19. The highest BCUT2D eigenvalue weighted by molar-refractivity contribution is 7.94. The molecule has 0 fully saturated rings. The Balaban J connectivity index is 1.59. The van der Waals surface area contributed by atoms with Crippen LogP contribution in [0.4, 0.5) is 5.69 Å². The third-order valence-electron chi connectivity index (χ3n) is 3.56. The van der Waals surface area contributed by atoms with Crippen LogP contribution in [0.5, 0.6) is 11.5 Å². The number of fused-ring (bicyclic) bond motifs is 1. The summed E-state index contributed by atoms with van der Waals surface area (Å²) in [6, 6.07) is 13.8. The van der Waals surface area contributed by atoms with Crippen LogP contribution in [0.3, 0.4) is 0 Å². The van der Waals surface area contributed by atoms with Gasteiger partial charge in [-0.3, -0.25) is 9.71 Å². The van der Waals surface area contributed by atoms with Crippen molar-refractivity contribution in [2.75, 3.05) is 17.9 Å². The minimum Gasteiger partial charge on any atom is -0.486 e. The molecule has 0 bridgehead atoms. The van der Waals surface area contributed by atoms with Crippen molar-refractivity contribution in [3.05, 3.63) is 54.7 Å². The lowest BCUT2D eigenvalue weighted by atomic mass is 10.3. The maximum absolute atomic E-state index is 12.6. The predicted molar refractivity (Wildman–Crippen MR) is 95.8 cm³/mol. The molecule has 0 radical (unpaired) electrons. The molecule has 0 spiro atoms. The molecule has 2 aromatic heterocycles. The maximum atomic E-state index is 12.6. The van der Waals surface area contributed by atoms with Crippen LogP contribution < -0.4 is 14.2 Å². The number of benzene rings is 1. The minimum absolute atomic E-state index is 0.225. The Morgan fingerprint density at radius 1 is 1.00 bits per heavy atom. The summed E-state index contributed by atoms with van der Waals surface area (Å²) in [7, 11) is -3.68. The van der Waals surface area contributed by atoms with E-state index in [2.05, 4.69) is 9.71 Å². The first kappa shape index (κ1) is 15.9. The normalized spacial score (nSPS) is 13.4. The molecule has 0 atom stereocenters. The first-order valence-electron chi connectivity index (χ1n) is 7.55. The summed E-state index contributed by atoms with van der Waals surface area (Å²) in [6.45, 7) is 0.936. The number of sulfonamides is 1. The lowest BCUT2D eigenvalue weighted by Gasteiger charge is -2.19. The highest BCUT2D eigenvalue weighted by Crippen LogP contribution is 2.34. The Kier molecular flexibility index (Phi) is 4.06. The topological polar surface area (TPSA) is 77.5 Å². The molecule has 0 unspecified atom stereocenters. The molecule has 0 saturated carbocycles. The highest BCUT2D eigenvalue weighted by atomic mass is 32.2. The molecule has 0 saturated heterocycles. The van der Waals surface area contributed by atoms with E-state index in [9.17, 15) is 8.42 Å². The number of pyridine rings is 1. The molecular formula is C17H14N2O4S2. The van der Waals surface area contributed by atoms with Crippen molar-refractivity contribution < 1.29 is 17.9 Å². The molecule has 8 heteroatoms. The first-order chi connectivity index (χ1) is 12.1. The van der Waals surface area contributed by atoms with Crippen LogP contribution in [0.25, 0.3) is 10.6 Å². The van der Waals surface area contributed by atoms with Gasteiger partial charge in [0.1, 0.15) is 17.4 Å². The van der Waals surface area contributed by atoms with Crippen LogP contribution in [-0.2, 0) is 10.0 Å². The molecule has 0 aliphatic carbocycles. The van der Waals surface area contributed by atoms with Crippen molar-refractivity contribution in [3.8, 4) is 22.1 Å². The Bertz CT molecular complexity index is 1000. The van der Waals surface area contributed by atoms with Crippen LogP contribution >= 0.6 is 11.3 Å². The largest absolute Gasteiger partial charge is 0.486 e. The minimum atomic E-state index is -3.68. The number of thiophene rings is 1. The maximum Gasteiger partial charge on any atom is 0.271 e. The fourth-order valence-corrected chi connectivity index (χ4v) is 4.76. The lowest BCUT2D eigenvalue weighted by Crippen LogP contribution is -2.16. The molecule has 128 valence electrons. The van der Waals surface area contributed by atoms with E-state index in [1.165, 1.54) is 11.3 Å². The van der Waals surface area contributed by atoms with Crippen LogP contribution in [0.15, 0.2) is 58.9 Å². The third-order valence-corrected chi connectivity index (χ3v) is 6.54. The molecule has 1 N–H and O–H groups in total. The van der Waals surface area contributed by atoms with Crippen LogP contribution in [0.1, 0.15) is 0 Å². The molecule has 1 aliphatic rings. The standard InChI is InChI=1S/C17H14N2O4S2/c20-25(21,17-7-6-16(24-17)13-3-1-2-8-18-13)19-12-4-5-14-15(11-12)23-10-9-22-14/h1-8,11,19H,9-10H2. The zero-order chi connectivity index (χ0) is 17.3. The average molecular weight is 374 g/mol. The average Bonchev–Trinajstić information content (AvgIpc) is 3.13. The van der Waals surface area contributed by atoms with Gasteiger partial charge in [-0.25, -0.2) is 8.42 Å². The summed E-state index contributed by atoms with van der Waals surface area (Å²) < 4.78 is 39.0. The number of hydrogen-bond donors (Lipinski definition) is 1. The number of rotatable bonds is 4. The van der Waals surface area contributed by atoms with Crippen molar-refractivity contribution >= 4 is 27.0 Å². The van der Waals surface area contributed by atoms with Crippen molar-refractivity contribution in [2.45, 2.75) is 4.21 Å². The predicted octanol–water partition coefficient (Wildman–Crippen LogP) is 3.38. The number of anilines is 1. The van der Waals surface area contributed by atoms with Gasteiger partial charge in [0.05, 0.1) is 16.3 Å². The zero-order valence-corrected chi connectivity index (χ0v) is 14.6. The Morgan fingerprint density at radius 3 is 2.64 bits per heavy atom. The van der Waals surface area contributed by atoms with Crippen molar-refractivity contribution in [1.29, 1.82) is 0 Å². The number of aromatic nitrogens is 1. The number of hydrogen-bond acceptors (Lipinski definition) is 6. The SMILES string of the molecule is O=S(=O)(Nc1ccc2c(c1)OCCO2)c1ccc(-c2ccccn2)s1. The van der Waals surface area contributed by atoms with Gasteiger partial charge in [-0.05, 0) is 36.4 Å². The van der Waals surface area contributed by atoms with Crippen LogP contribution in [-0.4, -0.2) is 26.6 Å². The van der Waals surface area contributed by atoms with Gasteiger partial charge in [0, 0.05) is 12.3 Å². The summed E-state index contributed by atoms with van der Waals surface area (Å²) in [5, 5.41) is 0. The van der Waals surface area contributed by atoms with Crippen molar-refractivity contribution in [2.24, 2.45) is 0 Å². The van der Waals surface area contributed by atoms with Gasteiger partial charge < -0.3 is 9.47 Å². The summed E-state index contributed by atoms with van der Waals surface area (Å²) in [5.41, 5.74) is 1.17. The molecule has 6 nitrogen and oxygen atoms in total. The van der Waals surface area contributed by atoms with E-state index in [0.29, 0.717) is 30.4 Å². The van der Waals surface area contributed by atoms with E-state index in [1.54, 1.807) is 36.5 Å². The van der Waals surface area contributed by atoms with E-state index >= 15 is 0 Å². The van der Waals surface area contributed by atoms with Crippen LogP contribution in [0.2, 0.25) is 0 Å². The van der Waals surface area contributed by atoms with E-state index in [-0.39, 0.29) is 4.21 Å². The summed E-state index contributed by atoms with van der Waals surface area (Å²) in [6.07, 6.45) is 1.68. The van der Waals surface area contributed by atoms with Crippen LogP contribution in [0, 0.1) is 0 Å². The second-order valence-corrected chi connectivity index (χ2v) is 8.29. The quantitative estimate of drug-likeness (QED) is 0.757. The van der Waals surface area contributed by atoms with Gasteiger partial charge in [0.2, 0.25) is 0 Å². The number of nitrogens with one attached hydrogen (secondary N) is 1. The Morgan fingerprint density at radius 2 is 1.84 bits per heavy atom. The summed E-state index contributed by atoms with van der Waals surface area (Å²) in [4.78, 5) is 5.04. The number of ether oxygens (including phenoxy) is 2. The van der Waals surface area contributed by atoms with E-state index in [0.717, 1.165) is 10.6 Å². The summed E-state index contributed by atoms with van der Waals surface area (Å²) >= 11 is 1.17. The molecule has 25 heavy (non-hydrogen) atoms. The molecule has 1 aliphatic heterocycles. The van der Waals surface area contributed by atoms with Gasteiger partial charge in [0.25, 0.3) is 10.0 Å². The first-order valence-corrected chi connectivity index (χ1v) is 9.85. The molecule has 1 aromatic carbocycles. The smallest absolute Gasteiger partial charge is 0.271 e. The lowest BCUT2D eigenvalue weighted by molar-refractivity contribution is 0.171. The molecular weight excluding hydrogens is 360 g/mol. The Hall–Kier alpha value is -2.58. The zero-order valence-electron chi connectivity index (χ0n) is 13.0. The molecule has 3 heterocycles. The molecule has 0 amide bonds. The summed E-state index contributed by atoms with van der Waals surface area (Å²) in [5.74, 6) is 1.15. The monoisotopic (exact) mass is 374 g/mol. The third kappa shape index (κ3) is 3.31. The van der Waals surface area contributed by atoms with Gasteiger partial charge >= 0.3 is 0 Å². The van der Waals surface area contributed by atoms with Gasteiger partial charge in [0.15, 0.2) is 11.5 Å². The number of nitrogens with zero attached hydrogens (tertiary/aromatic N) is 1. The fraction of sp³-hybridized carbons (Fsp3) is 0.118. The van der Waals surface area contributed by atoms with Crippen molar-refractivity contribution in [1.82, 2.24) is 4.98 Å². The van der Waals surface area contributed by atoms with E-state index in [1.807, 2.05) is 18.2 Å². The van der Waals surface area contributed by atoms with Crippen molar-refractivity contribution in [3.63, 3.8) is 0 Å². The molecule has 3 aromatic rings. The molecule has 4 rings (SSSR count). The second kappa shape index (κ2) is 6.38. The van der Waals surface area contributed by atoms with Gasteiger partial charge in [-0.15, -0.1) is 11.3 Å². The van der Waals surface area contributed by atoms with Gasteiger partial charge in [-0.2, -0.15) is 0 Å². The van der Waals surface area contributed by atoms with Gasteiger partial charge in [-0.1, -0.05) is 6.07 Å².